The van der Waals surface area contributed by atoms with E-state index in [0.717, 1.165) is 28.1 Å². The lowest BCUT2D eigenvalue weighted by Crippen LogP contribution is -2.10. The van der Waals surface area contributed by atoms with Crippen molar-refractivity contribution in [2.24, 2.45) is 0 Å². The van der Waals surface area contributed by atoms with Crippen molar-refractivity contribution in [1.82, 2.24) is 15.2 Å². The van der Waals surface area contributed by atoms with Crippen LogP contribution in [0.1, 0.15) is 26.7 Å². The van der Waals surface area contributed by atoms with Crippen molar-refractivity contribution < 1.29 is 4.42 Å². The first-order valence-corrected chi connectivity index (χ1v) is 6.15. The molecule has 2 heterocycles. The van der Waals surface area contributed by atoms with E-state index >= 15 is 0 Å². The molecule has 3 aromatic rings. The number of aromatic amines is 1. The Kier molecular flexibility index (Phi) is 2.38. The topological polar surface area (TPSA) is 80.7 Å². The predicted molar refractivity (Wildman–Crippen MR) is 74.7 cm³/mol. The highest BCUT2D eigenvalue weighted by atomic mass is 16.3. The minimum Gasteiger partial charge on any atom is -0.440 e. The average Bonchev–Trinajstić information content (AvgIpc) is 2.92. The maximum absolute atomic E-state index is 5.83. The number of nitrogens with two attached hydrogens (primary N) is 1. The van der Waals surface area contributed by atoms with Gasteiger partial charge in [0.05, 0.1) is 6.20 Å². The summed E-state index contributed by atoms with van der Waals surface area (Å²) < 4.78 is 5.77. The van der Waals surface area contributed by atoms with Crippen molar-refractivity contribution >= 4 is 16.9 Å². The summed E-state index contributed by atoms with van der Waals surface area (Å²) in [6, 6.07) is 5.84. The lowest BCUT2D eigenvalue weighted by atomic mass is 9.97. The number of aromatic nitrogens is 3. The molecule has 3 N–H and O–H groups in total. The summed E-state index contributed by atoms with van der Waals surface area (Å²) in [5.74, 6) is 1.29. The summed E-state index contributed by atoms with van der Waals surface area (Å²) in [4.78, 5) is 4.55. The molecular formula is C14H16N4O. The molecule has 0 aliphatic heterocycles. The number of hydrogen-bond acceptors (Lipinski definition) is 4. The van der Waals surface area contributed by atoms with Crippen LogP contribution in [0.5, 0.6) is 0 Å². The summed E-state index contributed by atoms with van der Waals surface area (Å²) in [7, 11) is 0. The van der Waals surface area contributed by atoms with Gasteiger partial charge in [-0.1, -0.05) is 26.8 Å². The third kappa shape index (κ3) is 1.97. The smallest absolute Gasteiger partial charge is 0.200 e. The molecule has 0 atom stereocenters. The number of anilines is 1. The van der Waals surface area contributed by atoms with Gasteiger partial charge in [-0.05, 0) is 17.7 Å². The van der Waals surface area contributed by atoms with Crippen molar-refractivity contribution in [1.29, 1.82) is 0 Å². The molecule has 0 aliphatic carbocycles. The monoisotopic (exact) mass is 256 g/mol. The van der Waals surface area contributed by atoms with Gasteiger partial charge in [0.25, 0.3) is 0 Å². The van der Waals surface area contributed by atoms with Gasteiger partial charge in [-0.3, -0.25) is 5.10 Å². The Labute approximate surface area is 110 Å². The summed E-state index contributed by atoms with van der Waals surface area (Å²) >= 11 is 0. The fraction of sp³-hybridized carbons (Fsp3) is 0.286. The SMILES string of the molecule is CC(C)(C)c1nc2cc(-c3cn[nH]c3N)ccc2o1. The van der Waals surface area contributed by atoms with E-state index in [1.54, 1.807) is 6.20 Å². The first-order valence-electron chi connectivity index (χ1n) is 6.15. The second-order valence-electron chi connectivity index (χ2n) is 5.65. The summed E-state index contributed by atoms with van der Waals surface area (Å²) in [5, 5.41) is 6.66. The van der Waals surface area contributed by atoms with E-state index in [2.05, 4.69) is 36.0 Å². The molecule has 1 aromatic carbocycles. The first-order chi connectivity index (χ1) is 8.95. The van der Waals surface area contributed by atoms with Crippen LogP contribution >= 0.6 is 0 Å². The standard InChI is InChI=1S/C14H16N4O/c1-14(2,3)13-17-10-6-8(4-5-11(10)19-13)9-7-16-18-12(9)15/h4-7H,1-3H3,(H3,15,16,18). The van der Waals surface area contributed by atoms with Gasteiger partial charge in [-0.25, -0.2) is 4.98 Å². The molecule has 2 aromatic heterocycles. The summed E-state index contributed by atoms with van der Waals surface area (Å²) in [5.41, 5.74) is 9.21. The van der Waals surface area contributed by atoms with Crippen LogP contribution in [0.2, 0.25) is 0 Å². The predicted octanol–water partition coefficient (Wildman–Crippen LogP) is 3.10. The van der Waals surface area contributed by atoms with E-state index in [4.69, 9.17) is 10.2 Å². The number of benzene rings is 1. The maximum Gasteiger partial charge on any atom is 0.200 e. The van der Waals surface area contributed by atoms with Gasteiger partial charge in [0.15, 0.2) is 5.58 Å². The highest BCUT2D eigenvalue weighted by Gasteiger charge is 2.21. The Hall–Kier alpha value is -2.30. The van der Waals surface area contributed by atoms with E-state index in [1.165, 1.54) is 0 Å². The number of nitrogens with zero attached hydrogens (tertiary/aromatic N) is 2. The van der Waals surface area contributed by atoms with E-state index < -0.39 is 0 Å². The Bertz CT molecular complexity index is 733. The van der Waals surface area contributed by atoms with Crippen LogP contribution in [0.25, 0.3) is 22.2 Å². The molecule has 0 unspecified atom stereocenters. The fourth-order valence-corrected chi connectivity index (χ4v) is 1.94. The second-order valence-corrected chi connectivity index (χ2v) is 5.65. The van der Waals surface area contributed by atoms with Crippen LogP contribution in [0.15, 0.2) is 28.8 Å². The summed E-state index contributed by atoms with van der Waals surface area (Å²) in [6.45, 7) is 6.23. The Morgan fingerprint density at radius 2 is 2.05 bits per heavy atom. The zero-order valence-electron chi connectivity index (χ0n) is 11.2. The highest BCUT2D eigenvalue weighted by molar-refractivity contribution is 5.83. The molecule has 0 aliphatic rings. The van der Waals surface area contributed by atoms with Crippen molar-refractivity contribution in [3.8, 4) is 11.1 Å². The van der Waals surface area contributed by atoms with Crippen LogP contribution in [0.3, 0.4) is 0 Å². The Morgan fingerprint density at radius 3 is 2.68 bits per heavy atom. The van der Waals surface area contributed by atoms with Crippen LogP contribution in [0.4, 0.5) is 5.82 Å². The Morgan fingerprint density at radius 1 is 1.26 bits per heavy atom. The van der Waals surface area contributed by atoms with Crippen molar-refractivity contribution in [3.05, 3.63) is 30.3 Å². The molecule has 19 heavy (non-hydrogen) atoms. The normalized spacial score (nSPS) is 12.2. The van der Waals surface area contributed by atoms with Gasteiger partial charge >= 0.3 is 0 Å². The zero-order valence-corrected chi connectivity index (χ0v) is 11.2. The zero-order chi connectivity index (χ0) is 13.6. The van der Waals surface area contributed by atoms with Gasteiger partial charge in [-0.2, -0.15) is 5.10 Å². The van der Waals surface area contributed by atoms with E-state index in [0.29, 0.717) is 5.82 Å². The van der Waals surface area contributed by atoms with Gasteiger partial charge in [0, 0.05) is 11.0 Å². The molecule has 0 bridgehead atoms. The van der Waals surface area contributed by atoms with Gasteiger partial charge in [0.1, 0.15) is 11.3 Å². The number of fused-ring (bicyclic) bond motifs is 1. The quantitative estimate of drug-likeness (QED) is 0.701. The molecule has 3 rings (SSSR count). The number of nitrogen functional groups attached to an aromatic ring is 1. The second kappa shape index (κ2) is 3.85. The van der Waals surface area contributed by atoms with Gasteiger partial charge in [-0.15, -0.1) is 0 Å². The number of oxazole rings is 1. The molecular weight excluding hydrogens is 240 g/mol. The van der Waals surface area contributed by atoms with Gasteiger partial charge < -0.3 is 10.2 Å². The van der Waals surface area contributed by atoms with Crippen molar-refractivity contribution in [3.63, 3.8) is 0 Å². The highest BCUT2D eigenvalue weighted by Crippen LogP contribution is 2.30. The number of rotatable bonds is 1. The molecule has 5 heteroatoms. The van der Waals surface area contributed by atoms with Crippen molar-refractivity contribution in [2.75, 3.05) is 5.73 Å². The average molecular weight is 256 g/mol. The maximum atomic E-state index is 5.83. The minimum atomic E-state index is -0.103. The molecule has 0 amide bonds. The third-order valence-corrected chi connectivity index (χ3v) is 3.01. The summed E-state index contributed by atoms with van der Waals surface area (Å²) in [6.07, 6.45) is 1.71. The molecule has 0 saturated heterocycles. The Balaban J connectivity index is 2.14. The largest absolute Gasteiger partial charge is 0.440 e. The van der Waals surface area contributed by atoms with Crippen LogP contribution in [-0.4, -0.2) is 15.2 Å². The third-order valence-electron chi connectivity index (χ3n) is 3.01. The minimum absolute atomic E-state index is 0.103. The van der Waals surface area contributed by atoms with Crippen LogP contribution < -0.4 is 5.73 Å². The number of H-pyrrole nitrogens is 1. The first kappa shape index (κ1) is 11.8. The molecule has 0 spiro atoms. The van der Waals surface area contributed by atoms with Crippen molar-refractivity contribution in [2.45, 2.75) is 26.2 Å². The van der Waals surface area contributed by atoms with Crippen LogP contribution in [-0.2, 0) is 5.41 Å². The molecule has 5 nitrogen and oxygen atoms in total. The number of hydrogen-bond donors (Lipinski definition) is 2. The molecule has 98 valence electrons. The molecule has 0 radical (unpaired) electrons. The van der Waals surface area contributed by atoms with E-state index in [-0.39, 0.29) is 5.41 Å². The molecule has 0 saturated carbocycles. The number of nitrogens with one attached hydrogen (secondary N) is 1. The molecule has 0 fully saturated rings. The van der Waals surface area contributed by atoms with E-state index in [1.807, 2.05) is 18.2 Å². The van der Waals surface area contributed by atoms with Gasteiger partial charge in [0.2, 0.25) is 5.89 Å². The van der Waals surface area contributed by atoms with E-state index in [9.17, 15) is 0 Å². The fourth-order valence-electron chi connectivity index (χ4n) is 1.94. The lowest BCUT2D eigenvalue weighted by Gasteiger charge is -2.11. The lowest BCUT2D eigenvalue weighted by molar-refractivity contribution is 0.411. The van der Waals surface area contributed by atoms with Crippen LogP contribution in [0, 0.1) is 0 Å².